The molecule has 1 unspecified atom stereocenters. The molecular weight excluding hydrogens is 201 g/mol. The number of alkyl halides is 3. The molecular formula is C8H9F3O3. The van der Waals surface area contributed by atoms with Crippen molar-refractivity contribution in [3.05, 3.63) is 12.7 Å². The monoisotopic (exact) mass is 210 g/mol. The Morgan fingerprint density at radius 2 is 2.00 bits per heavy atom. The fourth-order valence-corrected chi connectivity index (χ4v) is 0.754. The molecule has 0 fully saturated rings. The summed E-state index contributed by atoms with van der Waals surface area (Å²) in [5.41, 5.74) is 0. The van der Waals surface area contributed by atoms with Gasteiger partial charge in [0, 0.05) is 0 Å². The highest BCUT2D eigenvalue weighted by Crippen LogP contribution is 2.27. The molecule has 0 rings (SSSR count). The molecule has 0 aromatic carbocycles. The van der Waals surface area contributed by atoms with Crippen molar-refractivity contribution in [3.8, 4) is 0 Å². The van der Waals surface area contributed by atoms with Crippen LogP contribution < -0.4 is 0 Å². The molecule has 6 heteroatoms. The van der Waals surface area contributed by atoms with E-state index in [1.807, 2.05) is 0 Å². The molecule has 80 valence electrons. The normalized spacial score (nSPS) is 13.1. The van der Waals surface area contributed by atoms with Crippen LogP contribution in [0, 0.1) is 5.92 Å². The lowest BCUT2D eigenvalue weighted by Gasteiger charge is -2.15. The zero-order chi connectivity index (χ0) is 11.4. The van der Waals surface area contributed by atoms with E-state index in [4.69, 9.17) is 0 Å². The Bertz CT molecular complexity index is 245. The maximum atomic E-state index is 12.1. The number of carbonyl (C=O) groups is 2. The number of esters is 1. The minimum absolute atomic E-state index is 0.349. The molecule has 14 heavy (non-hydrogen) atoms. The Balaban J connectivity index is 4.59. The molecule has 0 aromatic heterocycles. The number of ether oxygens (including phenoxy) is 1. The molecule has 0 aliphatic heterocycles. The van der Waals surface area contributed by atoms with Crippen molar-refractivity contribution in [3.63, 3.8) is 0 Å². The Morgan fingerprint density at radius 3 is 2.29 bits per heavy atom. The highest BCUT2D eigenvalue weighted by Gasteiger charge is 2.49. The van der Waals surface area contributed by atoms with Crippen LogP contribution in [0.3, 0.4) is 0 Å². The van der Waals surface area contributed by atoms with Gasteiger partial charge in [-0.15, -0.1) is 0 Å². The fourth-order valence-electron chi connectivity index (χ4n) is 0.754. The molecule has 1 atom stereocenters. The first kappa shape index (κ1) is 12.7. The number of hydrogen-bond donors (Lipinski definition) is 0. The van der Waals surface area contributed by atoms with Crippen LogP contribution in [0.1, 0.15) is 6.92 Å². The van der Waals surface area contributed by atoms with E-state index in [1.165, 1.54) is 0 Å². The standard InChI is InChI=1S/C8H9F3O3/c1-3-4-14-7(13)6(5(2)12)8(9,10)11/h3,6H,1,4H2,2H3. The molecule has 0 aromatic rings. The molecule has 0 bridgehead atoms. The largest absolute Gasteiger partial charge is 0.461 e. The third-order valence-corrected chi connectivity index (χ3v) is 1.31. The van der Waals surface area contributed by atoms with Crippen LogP contribution in [0.15, 0.2) is 12.7 Å². The van der Waals surface area contributed by atoms with E-state index in [9.17, 15) is 22.8 Å². The molecule has 0 aliphatic carbocycles. The van der Waals surface area contributed by atoms with Gasteiger partial charge in [0.05, 0.1) is 0 Å². The van der Waals surface area contributed by atoms with E-state index < -0.39 is 23.8 Å². The highest BCUT2D eigenvalue weighted by atomic mass is 19.4. The lowest BCUT2D eigenvalue weighted by Crippen LogP contribution is -2.37. The van der Waals surface area contributed by atoms with Crippen LogP contribution in [-0.2, 0) is 14.3 Å². The van der Waals surface area contributed by atoms with Gasteiger partial charge in [0.1, 0.15) is 6.61 Å². The van der Waals surface area contributed by atoms with Crippen molar-refractivity contribution in [2.75, 3.05) is 6.61 Å². The van der Waals surface area contributed by atoms with Crippen molar-refractivity contribution in [1.29, 1.82) is 0 Å². The van der Waals surface area contributed by atoms with Crippen molar-refractivity contribution in [2.24, 2.45) is 5.92 Å². The predicted octanol–water partition coefficient (Wildman–Crippen LogP) is 1.48. The highest BCUT2D eigenvalue weighted by molar-refractivity contribution is 5.98. The lowest BCUT2D eigenvalue weighted by atomic mass is 10.1. The molecule has 0 saturated heterocycles. The summed E-state index contributed by atoms with van der Waals surface area (Å²) in [6, 6.07) is 0. The SMILES string of the molecule is C=CCOC(=O)C(C(C)=O)C(F)(F)F. The van der Waals surface area contributed by atoms with E-state index in [-0.39, 0.29) is 6.61 Å². The first-order valence-electron chi connectivity index (χ1n) is 3.65. The zero-order valence-electron chi connectivity index (χ0n) is 7.43. The van der Waals surface area contributed by atoms with Gasteiger partial charge in [0.15, 0.2) is 5.78 Å². The maximum Gasteiger partial charge on any atom is 0.409 e. The number of halogens is 3. The number of carbonyl (C=O) groups excluding carboxylic acids is 2. The van der Waals surface area contributed by atoms with Crippen molar-refractivity contribution in [1.82, 2.24) is 0 Å². The topological polar surface area (TPSA) is 43.4 Å². The minimum atomic E-state index is -4.90. The van der Waals surface area contributed by atoms with E-state index in [1.54, 1.807) is 0 Å². The molecule has 0 amide bonds. The smallest absolute Gasteiger partial charge is 0.409 e. The number of ketones is 1. The summed E-state index contributed by atoms with van der Waals surface area (Å²) in [6.45, 7) is 3.49. The third-order valence-electron chi connectivity index (χ3n) is 1.31. The van der Waals surface area contributed by atoms with E-state index in [0.29, 0.717) is 6.92 Å². The molecule has 0 heterocycles. The lowest BCUT2D eigenvalue weighted by molar-refractivity contribution is -0.196. The Hall–Kier alpha value is -1.33. The third kappa shape index (κ3) is 3.59. The van der Waals surface area contributed by atoms with Gasteiger partial charge in [-0.25, -0.2) is 0 Å². The summed E-state index contributed by atoms with van der Waals surface area (Å²) in [6.07, 6.45) is -3.78. The molecule has 0 aliphatic rings. The molecule has 0 radical (unpaired) electrons. The van der Waals surface area contributed by atoms with Crippen LogP contribution in [0.2, 0.25) is 0 Å². The molecule has 0 saturated carbocycles. The van der Waals surface area contributed by atoms with Crippen LogP contribution in [0.5, 0.6) is 0 Å². The average molecular weight is 210 g/mol. The second-order valence-corrected chi connectivity index (χ2v) is 2.50. The average Bonchev–Trinajstić information content (AvgIpc) is 1.97. The number of Topliss-reactive ketones (excluding diaryl/α,β-unsaturated/α-hetero) is 1. The zero-order valence-corrected chi connectivity index (χ0v) is 7.43. The van der Waals surface area contributed by atoms with Crippen LogP contribution >= 0.6 is 0 Å². The minimum Gasteiger partial charge on any atom is -0.461 e. The van der Waals surface area contributed by atoms with E-state index in [0.717, 1.165) is 6.08 Å². The first-order chi connectivity index (χ1) is 6.30. The Morgan fingerprint density at radius 1 is 1.50 bits per heavy atom. The predicted molar refractivity (Wildman–Crippen MR) is 41.4 cm³/mol. The summed E-state index contributed by atoms with van der Waals surface area (Å²) >= 11 is 0. The van der Waals surface area contributed by atoms with Gasteiger partial charge < -0.3 is 4.74 Å². The summed E-state index contributed by atoms with van der Waals surface area (Å²) in [7, 11) is 0. The molecule has 0 N–H and O–H groups in total. The number of hydrogen-bond acceptors (Lipinski definition) is 3. The van der Waals surface area contributed by atoms with Crippen LogP contribution in [-0.4, -0.2) is 24.5 Å². The van der Waals surface area contributed by atoms with Gasteiger partial charge in [-0.1, -0.05) is 12.7 Å². The van der Waals surface area contributed by atoms with Gasteiger partial charge >= 0.3 is 12.1 Å². The van der Waals surface area contributed by atoms with Crippen molar-refractivity contribution in [2.45, 2.75) is 13.1 Å². The molecule has 3 nitrogen and oxygen atoms in total. The van der Waals surface area contributed by atoms with Crippen molar-refractivity contribution >= 4 is 11.8 Å². The van der Waals surface area contributed by atoms with Crippen molar-refractivity contribution < 1.29 is 27.5 Å². The quantitative estimate of drug-likeness (QED) is 0.401. The van der Waals surface area contributed by atoms with Gasteiger partial charge in [0.2, 0.25) is 5.92 Å². The first-order valence-corrected chi connectivity index (χ1v) is 3.65. The van der Waals surface area contributed by atoms with Crippen LogP contribution in [0.4, 0.5) is 13.2 Å². The summed E-state index contributed by atoms with van der Waals surface area (Å²) in [5, 5.41) is 0. The van der Waals surface area contributed by atoms with Gasteiger partial charge in [-0.3, -0.25) is 9.59 Å². The van der Waals surface area contributed by atoms with E-state index in [2.05, 4.69) is 11.3 Å². The Kier molecular flexibility index (Phi) is 4.33. The Labute approximate surface area is 78.5 Å². The second-order valence-electron chi connectivity index (χ2n) is 2.50. The van der Waals surface area contributed by atoms with Crippen LogP contribution in [0.25, 0.3) is 0 Å². The summed E-state index contributed by atoms with van der Waals surface area (Å²) in [5.74, 6) is -5.57. The second kappa shape index (κ2) is 4.78. The fraction of sp³-hybridized carbons (Fsp3) is 0.500. The van der Waals surface area contributed by atoms with Gasteiger partial charge in [0.25, 0.3) is 0 Å². The summed E-state index contributed by atoms with van der Waals surface area (Å²) < 4.78 is 40.4. The van der Waals surface area contributed by atoms with Gasteiger partial charge in [-0.05, 0) is 6.92 Å². The van der Waals surface area contributed by atoms with Gasteiger partial charge in [-0.2, -0.15) is 13.2 Å². The molecule has 0 spiro atoms. The maximum absolute atomic E-state index is 12.1. The van der Waals surface area contributed by atoms with E-state index >= 15 is 0 Å². The summed E-state index contributed by atoms with van der Waals surface area (Å²) in [4.78, 5) is 21.3. The number of rotatable bonds is 4.